The molecule has 0 aromatic heterocycles. The van der Waals surface area contributed by atoms with E-state index in [9.17, 15) is 5.21 Å². The van der Waals surface area contributed by atoms with E-state index in [-0.39, 0.29) is 0 Å². The maximum atomic E-state index is 9.85. The summed E-state index contributed by atoms with van der Waals surface area (Å²) in [5.41, 5.74) is 4.03. The molecule has 2 aliphatic rings. The zero-order valence-corrected chi connectivity index (χ0v) is 14.4. The van der Waals surface area contributed by atoms with E-state index in [2.05, 4.69) is 29.2 Å². The Morgan fingerprint density at radius 3 is 2.58 bits per heavy atom. The molecule has 1 N–H and O–H groups in total. The molecule has 4 rings (SSSR count). The van der Waals surface area contributed by atoms with Crippen molar-refractivity contribution in [1.82, 2.24) is 9.71 Å². The fourth-order valence-electron chi connectivity index (χ4n) is 3.03. The number of pyridine rings is 1. The van der Waals surface area contributed by atoms with Crippen LogP contribution in [0.25, 0.3) is 22.6 Å². The maximum Gasteiger partial charge on any atom is 0.175 e. The number of ether oxygens (including phenoxy) is 1. The molecule has 26 heavy (non-hydrogen) atoms. The Hall–Kier alpha value is -3.27. The number of benzene rings is 2. The van der Waals surface area contributed by atoms with E-state index in [1.54, 1.807) is 12.3 Å². The first-order chi connectivity index (χ1) is 12.8. The first-order valence-electron chi connectivity index (χ1n) is 8.74. The summed E-state index contributed by atoms with van der Waals surface area (Å²) in [7, 11) is 0. The monoisotopic (exact) mass is 344 g/mol. The summed E-state index contributed by atoms with van der Waals surface area (Å²) in [6, 6.07) is 24.0. The molecular weight excluding hydrogens is 324 g/mol. The Morgan fingerprint density at radius 1 is 0.885 bits per heavy atom. The van der Waals surface area contributed by atoms with Crippen LogP contribution in [-0.2, 0) is 6.42 Å². The minimum absolute atomic E-state index is 0.552. The van der Waals surface area contributed by atoms with Crippen molar-refractivity contribution in [3.8, 4) is 28.4 Å². The normalized spacial score (nSPS) is 10.9. The zero-order valence-electron chi connectivity index (χ0n) is 14.4. The van der Waals surface area contributed by atoms with E-state index in [4.69, 9.17) is 4.74 Å². The lowest BCUT2D eigenvalue weighted by Crippen LogP contribution is -1.99. The van der Waals surface area contributed by atoms with Gasteiger partial charge in [0.2, 0.25) is 0 Å². The van der Waals surface area contributed by atoms with Crippen molar-refractivity contribution < 1.29 is 9.94 Å². The molecular formula is C22H20N2O2. The Kier molecular flexibility index (Phi) is 4.56. The van der Waals surface area contributed by atoms with Gasteiger partial charge in [-0.1, -0.05) is 42.5 Å². The van der Waals surface area contributed by atoms with Gasteiger partial charge in [0.1, 0.15) is 5.75 Å². The Bertz CT molecular complexity index is 963. The molecule has 0 saturated carbocycles. The van der Waals surface area contributed by atoms with Gasteiger partial charge in [0.25, 0.3) is 0 Å². The highest BCUT2D eigenvalue weighted by molar-refractivity contribution is 5.72. The van der Waals surface area contributed by atoms with Crippen LogP contribution < -0.4 is 4.74 Å². The largest absolute Gasteiger partial charge is 0.494 e. The molecule has 0 aliphatic carbocycles. The van der Waals surface area contributed by atoms with Gasteiger partial charge in [-0.3, -0.25) is 0 Å². The van der Waals surface area contributed by atoms with Crippen molar-refractivity contribution in [3.63, 3.8) is 0 Å². The van der Waals surface area contributed by atoms with E-state index < -0.39 is 0 Å². The van der Waals surface area contributed by atoms with E-state index >= 15 is 0 Å². The van der Waals surface area contributed by atoms with Crippen LogP contribution in [0.1, 0.15) is 12.0 Å². The summed E-state index contributed by atoms with van der Waals surface area (Å²) in [5.74, 6) is 1.39. The molecule has 2 aliphatic heterocycles. The predicted molar refractivity (Wildman–Crippen MR) is 102 cm³/mol. The van der Waals surface area contributed by atoms with E-state index in [1.807, 2.05) is 42.5 Å². The lowest BCUT2D eigenvalue weighted by Gasteiger charge is -2.07. The average molecular weight is 344 g/mol. The molecule has 0 fully saturated rings. The number of hydrogen-bond donors (Lipinski definition) is 1. The second-order valence-electron chi connectivity index (χ2n) is 6.24. The van der Waals surface area contributed by atoms with Crippen molar-refractivity contribution in [2.45, 2.75) is 12.8 Å². The summed E-state index contributed by atoms with van der Waals surface area (Å²) in [6.45, 7) is 0.672. The van der Waals surface area contributed by atoms with Crippen LogP contribution in [-0.4, -0.2) is 21.5 Å². The fraction of sp³-hybridized carbons (Fsp3) is 0.136. The summed E-state index contributed by atoms with van der Waals surface area (Å²) >= 11 is 0. The Labute approximate surface area is 152 Å². The number of aromatic nitrogens is 2. The molecule has 0 saturated heterocycles. The topological polar surface area (TPSA) is 47.3 Å². The molecule has 4 nitrogen and oxygen atoms in total. The second kappa shape index (κ2) is 7.31. The van der Waals surface area contributed by atoms with Crippen LogP contribution in [0.5, 0.6) is 5.75 Å². The smallest absolute Gasteiger partial charge is 0.175 e. The number of rotatable bonds is 6. The van der Waals surface area contributed by atoms with E-state index in [1.165, 1.54) is 5.56 Å². The van der Waals surface area contributed by atoms with Crippen molar-refractivity contribution in [1.29, 1.82) is 0 Å². The zero-order chi connectivity index (χ0) is 17.8. The van der Waals surface area contributed by atoms with Crippen LogP contribution in [0.15, 0.2) is 79.0 Å². The molecule has 0 amide bonds. The third kappa shape index (κ3) is 3.54. The fourth-order valence-corrected chi connectivity index (χ4v) is 3.03. The van der Waals surface area contributed by atoms with Gasteiger partial charge >= 0.3 is 0 Å². The van der Waals surface area contributed by atoms with Crippen molar-refractivity contribution in [2.24, 2.45) is 0 Å². The van der Waals surface area contributed by atoms with Gasteiger partial charge in [0, 0.05) is 17.3 Å². The van der Waals surface area contributed by atoms with Gasteiger partial charge < -0.3 is 9.94 Å². The van der Waals surface area contributed by atoms with Gasteiger partial charge in [-0.05, 0) is 48.7 Å². The van der Waals surface area contributed by atoms with Gasteiger partial charge in [-0.2, -0.15) is 4.73 Å². The molecule has 0 radical (unpaired) electrons. The van der Waals surface area contributed by atoms with Crippen molar-refractivity contribution >= 4 is 0 Å². The molecule has 4 heteroatoms. The summed E-state index contributed by atoms with van der Waals surface area (Å²) in [5, 5.41) is 9.85. The molecule has 130 valence electrons. The van der Waals surface area contributed by atoms with E-state index in [0.717, 1.165) is 40.1 Å². The summed E-state index contributed by atoms with van der Waals surface area (Å²) in [6.07, 6.45) is 3.55. The molecule has 0 atom stereocenters. The SMILES string of the molecule is On1cccc2cc(-c3cccc(OCCCc4ccccc4)c3)nc1-2. The van der Waals surface area contributed by atoms with Crippen molar-refractivity contribution in [3.05, 3.63) is 84.6 Å². The number of hydrogen-bond acceptors (Lipinski definition) is 3. The molecule has 2 heterocycles. The predicted octanol–water partition coefficient (Wildman–Crippen LogP) is 4.90. The molecule has 2 aromatic rings. The third-order valence-corrected chi connectivity index (χ3v) is 4.35. The van der Waals surface area contributed by atoms with Crippen LogP contribution in [0, 0.1) is 0 Å². The molecule has 0 unspecified atom stereocenters. The van der Waals surface area contributed by atoms with Gasteiger partial charge in [0.15, 0.2) is 5.82 Å². The molecule has 0 bridgehead atoms. The number of nitrogens with zero attached hydrogens (tertiary/aromatic N) is 2. The van der Waals surface area contributed by atoms with Gasteiger partial charge in [0.05, 0.1) is 12.3 Å². The maximum absolute atomic E-state index is 9.85. The van der Waals surface area contributed by atoms with Crippen LogP contribution >= 0.6 is 0 Å². The van der Waals surface area contributed by atoms with Gasteiger partial charge in [-0.25, -0.2) is 4.98 Å². The first-order valence-corrected chi connectivity index (χ1v) is 8.74. The minimum Gasteiger partial charge on any atom is -0.494 e. The highest BCUT2D eigenvalue weighted by Crippen LogP contribution is 2.29. The average Bonchev–Trinajstić information content (AvgIpc) is 3.12. The summed E-state index contributed by atoms with van der Waals surface area (Å²) < 4.78 is 6.95. The van der Waals surface area contributed by atoms with Gasteiger partial charge in [-0.15, -0.1) is 0 Å². The lowest BCUT2D eigenvalue weighted by atomic mass is 10.1. The standard InChI is InChI=1S/C22H20N2O2/c25-24-13-5-11-19-16-21(23-22(19)24)18-10-4-12-20(15-18)26-14-6-9-17-7-2-1-3-8-17/h1-5,7-8,10-13,15-16,25H,6,9,14H2. The van der Waals surface area contributed by atoms with E-state index in [0.29, 0.717) is 12.4 Å². The lowest BCUT2D eigenvalue weighted by molar-refractivity contribution is 0.187. The van der Waals surface area contributed by atoms with Crippen molar-refractivity contribution in [2.75, 3.05) is 6.61 Å². The molecule has 2 aromatic carbocycles. The number of fused-ring (bicyclic) bond motifs is 1. The molecule has 0 spiro atoms. The third-order valence-electron chi connectivity index (χ3n) is 4.35. The Balaban J connectivity index is 1.43. The summed E-state index contributed by atoms with van der Waals surface area (Å²) in [4.78, 5) is 4.52. The Morgan fingerprint density at radius 2 is 1.73 bits per heavy atom. The highest BCUT2D eigenvalue weighted by atomic mass is 16.5. The van der Waals surface area contributed by atoms with Crippen LogP contribution in [0.3, 0.4) is 0 Å². The first kappa shape index (κ1) is 16.2. The second-order valence-corrected chi connectivity index (χ2v) is 6.24. The van der Waals surface area contributed by atoms with Crippen LogP contribution in [0.4, 0.5) is 0 Å². The minimum atomic E-state index is 0.552. The van der Waals surface area contributed by atoms with Crippen LogP contribution in [0.2, 0.25) is 0 Å². The highest BCUT2D eigenvalue weighted by Gasteiger charge is 2.13. The number of aryl methyl sites for hydroxylation is 1. The quantitative estimate of drug-likeness (QED) is 0.399.